The van der Waals surface area contributed by atoms with Crippen molar-refractivity contribution in [2.45, 2.75) is 44.1 Å². The summed E-state index contributed by atoms with van der Waals surface area (Å²) in [4.78, 5) is 1.61. The monoisotopic (exact) mass is 210 g/mol. The smallest absolute Gasteiger partial charge is 0.101 e. The van der Waals surface area contributed by atoms with E-state index in [9.17, 15) is 0 Å². The number of aliphatic hydroxyl groups is 1. The first-order valence-electron chi connectivity index (χ1n) is 6.65. The first-order chi connectivity index (χ1) is 7.22. The van der Waals surface area contributed by atoms with Gasteiger partial charge in [0.05, 0.1) is 19.2 Å². The molecule has 2 nitrogen and oxygen atoms in total. The van der Waals surface area contributed by atoms with Crippen molar-refractivity contribution in [2.24, 2.45) is 17.8 Å². The zero-order valence-corrected chi connectivity index (χ0v) is 9.84. The fourth-order valence-electron chi connectivity index (χ4n) is 5.07. The zero-order chi connectivity index (χ0) is 10.5. The summed E-state index contributed by atoms with van der Waals surface area (Å²) in [5, 5.41) is 9.12. The third-order valence-electron chi connectivity index (χ3n) is 5.43. The van der Waals surface area contributed by atoms with Gasteiger partial charge in [0, 0.05) is 19.3 Å². The number of nitrogens with one attached hydrogen (secondary N) is 1. The maximum absolute atomic E-state index is 9.12. The van der Waals surface area contributed by atoms with Crippen molar-refractivity contribution < 1.29 is 10.0 Å². The topological polar surface area (TPSA) is 24.7 Å². The molecule has 4 rings (SSSR count). The summed E-state index contributed by atoms with van der Waals surface area (Å²) in [6, 6.07) is 0. The Morgan fingerprint density at radius 2 is 1.53 bits per heavy atom. The lowest BCUT2D eigenvalue weighted by Gasteiger charge is -2.57. The highest BCUT2D eigenvalue weighted by atomic mass is 16.3. The molecule has 1 unspecified atom stereocenters. The first-order valence-corrected chi connectivity index (χ1v) is 6.65. The highest BCUT2D eigenvalue weighted by Gasteiger charge is 2.55. The molecule has 2 N–H and O–H groups in total. The van der Waals surface area contributed by atoms with Crippen LogP contribution in [0.25, 0.3) is 0 Å². The third-order valence-corrected chi connectivity index (χ3v) is 5.43. The van der Waals surface area contributed by atoms with Gasteiger partial charge in [-0.25, -0.2) is 0 Å². The second-order valence-electron chi connectivity index (χ2n) is 6.45. The number of hydrogen-bond acceptors (Lipinski definition) is 1. The maximum Gasteiger partial charge on any atom is 0.101 e. The van der Waals surface area contributed by atoms with Crippen LogP contribution in [-0.2, 0) is 0 Å². The SMILES string of the molecule is C[NH+](CCO)C12CC3CC(CC(C3)C1)C2. The minimum Gasteiger partial charge on any atom is -0.391 e. The van der Waals surface area contributed by atoms with Crippen molar-refractivity contribution in [1.82, 2.24) is 0 Å². The second kappa shape index (κ2) is 3.46. The molecule has 15 heavy (non-hydrogen) atoms. The number of likely N-dealkylation sites (N-methyl/N-ethyl adjacent to an activating group) is 1. The molecule has 4 aliphatic rings. The summed E-state index contributed by atoms with van der Waals surface area (Å²) < 4.78 is 0. The molecule has 86 valence electrons. The summed E-state index contributed by atoms with van der Waals surface area (Å²) in [5.74, 6) is 3.10. The van der Waals surface area contributed by atoms with Gasteiger partial charge in [0.25, 0.3) is 0 Å². The second-order valence-corrected chi connectivity index (χ2v) is 6.45. The van der Waals surface area contributed by atoms with Crippen LogP contribution in [0.4, 0.5) is 0 Å². The van der Waals surface area contributed by atoms with Crippen LogP contribution in [0.2, 0.25) is 0 Å². The van der Waals surface area contributed by atoms with Crippen molar-refractivity contribution in [1.29, 1.82) is 0 Å². The van der Waals surface area contributed by atoms with E-state index in [0.29, 0.717) is 12.1 Å². The average Bonchev–Trinajstić information content (AvgIpc) is 2.15. The van der Waals surface area contributed by atoms with E-state index in [1.54, 1.807) is 4.90 Å². The van der Waals surface area contributed by atoms with Gasteiger partial charge in [-0.05, 0) is 37.0 Å². The Balaban J connectivity index is 1.80. The van der Waals surface area contributed by atoms with Crippen molar-refractivity contribution in [3.8, 4) is 0 Å². The Labute approximate surface area is 92.7 Å². The van der Waals surface area contributed by atoms with E-state index < -0.39 is 0 Å². The van der Waals surface area contributed by atoms with Gasteiger partial charge < -0.3 is 10.0 Å². The van der Waals surface area contributed by atoms with Crippen LogP contribution in [0.15, 0.2) is 0 Å². The van der Waals surface area contributed by atoms with E-state index in [0.717, 1.165) is 24.3 Å². The summed E-state index contributed by atoms with van der Waals surface area (Å²) >= 11 is 0. The lowest BCUT2D eigenvalue weighted by Crippen LogP contribution is -3.19. The highest BCUT2D eigenvalue weighted by Crippen LogP contribution is 2.54. The molecule has 0 aliphatic heterocycles. The summed E-state index contributed by atoms with van der Waals surface area (Å²) in [5.41, 5.74) is 0.567. The van der Waals surface area contributed by atoms with Gasteiger partial charge in [0.15, 0.2) is 0 Å². The van der Waals surface area contributed by atoms with Crippen LogP contribution in [0.5, 0.6) is 0 Å². The average molecular weight is 210 g/mol. The standard InChI is InChI=1S/C13H23NO/c1-14(2-3-15)13-7-10-4-11(8-13)6-12(5-10)9-13/h10-12,15H,2-9H2,1H3/p+1. The molecule has 0 heterocycles. The lowest BCUT2D eigenvalue weighted by molar-refractivity contribution is -0.941. The van der Waals surface area contributed by atoms with Crippen LogP contribution < -0.4 is 4.90 Å². The van der Waals surface area contributed by atoms with E-state index in [4.69, 9.17) is 5.11 Å². The minimum absolute atomic E-state index is 0.355. The van der Waals surface area contributed by atoms with Crippen LogP contribution in [-0.4, -0.2) is 30.8 Å². The van der Waals surface area contributed by atoms with Crippen molar-refractivity contribution in [3.63, 3.8) is 0 Å². The molecule has 0 amide bonds. The summed E-state index contributed by atoms with van der Waals surface area (Å²) in [6.45, 7) is 1.31. The molecule has 4 bridgehead atoms. The van der Waals surface area contributed by atoms with Gasteiger partial charge in [0.2, 0.25) is 0 Å². The van der Waals surface area contributed by atoms with E-state index >= 15 is 0 Å². The Morgan fingerprint density at radius 1 is 1.07 bits per heavy atom. The van der Waals surface area contributed by atoms with Crippen LogP contribution in [0.1, 0.15) is 38.5 Å². The molecule has 0 aromatic rings. The molecule has 0 spiro atoms. The van der Waals surface area contributed by atoms with Gasteiger partial charge in [-0.15, -0.1) is 0 Å². The van der Waals surface area contributed by atoms with Crippen LogP contribution >= 0.6 is 0 Å². The predicted molar refractivity (Wildman–Crippen MR) is 59.7 cm³/mol. The number of quaternary nitrogens is 1. The van der Waals surface area contributed by atoms with E-state index in [2.05, 4.69) is 7.05 Å². The van der Waals surface area contributed by atoms with Crippen molar-refractivity contribution >= 4 is 0 Å². The minimum atomic E-state index is 0.355. The Hall–Kier alpha value is -0.0800. The molecule has 0 aromatic carbocycles. The predicted octanol–water partition coefficient (Wildman–Crippen LogP) is 0.462. The van der Waals surface area contributed by atoms with Gasteiger partial charge >= 0.3 is 0 Å². The summed E-state index contributed by atoms with van der Waals surface area (Å²) in [6.07, 6.45) is 8.91. The van der Waals surface area contributed by atoms with Gasteiger partial charge in [-0.2, -0.15) is 0 Å². The third kappa shape index (κ3) is 1.53. The van der Waals surface area contributed by atoms with Gasteiger partial charge in [-0.3, -0.25) is 0 Å². The Morgan fingerprint density at radius 3 is 1.93 bits per heavy atom. The molecule has 1 atom stereocenters. The largest absolute Gasteiger partial charge is 0.391 e. The van der Waals surface area contributed by atoms with E-state index in [1.165, 1.54) is 38.5 Å². The Kier molecular flexibility index (Phi) is 2.33. The first kappa shape index (κ1) is 10.1. The normalized spacial score (nSPS) is 49.6. The molecule has 0 aromatic heterocycles. The molecule has 4 fully saturated rings. The van der Waals surface area contributed by atoms with Crippen LogP contribution in [0, 0.1) is 17.8 Å². The van der Waals surface area contributed by atoms with Crippen molar-refractivity contribution in [3.05, 3.63) is 0 Å². The van der Waals surface area contributed by atoms with Gasteiger partial charge in [-0.1, -0.05) is 0 Å². The molecule has 2 heteroatoms. The fraction of sp³-hybridized carbons (Fsp3) is 1.00. The molecule has 4 aliphatic carbocycles. The lowest BCUT2D eigenvalue weighted by atomic mass is 9.52. The van der Waals surface area contributed by atoms with E-state index in [-0.39, 0.29) is 0 Å². The molecule has 4 saturated carbocycles. The van der Waals surface area contributed by atoms with Gasteiger partial charge in [0.1, 0.15) is 6.54 Å². The molecular weight excluding hydrogens is 186 g/mol. The number of rotatable bonds is 3. The zero-order valence-electron chi connectivity index (χ0n) is 9.84. The van der Waals surface area contributed by atoms with Crippen molar-refractivity contribution in [2.75, 3.05) is 20.2 Å². The maximum atomic E-state index is 9.12. The highest BCUT2D eigenvalue weighted by molar-refractivity contribution is 5.02. The quantitative estimate of drug-likeness (QED) is 0.695. The Bertz CT molecular complexity index is 216. The van der Waals surface area contributed by atoms with Crippen LogP contribution in [0.3, 0.4) is 0 Å². The molecular formula is C13H24NO+. The van der Waals surface area contributed by atoms with E-state index in [1.807, 2.05) is 0 Å². The number of aliphatic hydroxyl groups excluding tert-OH is 1. The molecule has 0 saturated heterocycles. The number of hydrogen-bond donors (Lipinski definition) is 2. The summed E-state index contributed by atoms with van der Waals surface area (Å²) in [7, 11) is 2.31. The molecule has 0 radical (unpaired) electrons. The fourth-order valence-corrected chi connectivity index (χ4v) is 5.07.